The molecular weight excluding hydrogens is 222 g/mol. The summed E-state index contributed by atoms with van der Waals surface area (Å²) in [5.41, 5.74) is 2.30. The third kappa shape index (κ3) is 2.99. The van der Waals surface area contributed by atoms with E-state index in [0.717, 1.165) is 17.8 Å². The molecule has 96 valence electrons. The molecule has 0 fully saturated rings. The molecule has 3 heteroatoms. The van der Waals surface area contributed by atoms with Crippen LogP contribution in [0.2, 0.25) is 0 Å². The number of unbranched alkanes of at least 4 members (excludes halogenated alkanes) is 1. The maximum atomic E-state index is 4.47. The minimum absolute atomic E-state index is 0.370. The number of rotatable bonds is 6. The molecule has 0 amide bonds. The van der Waals surface area contributed by atoms with Crippen molar-refractivity contribution in [2.45, 2.75) is 32.2 Å². The monoisotopic (exact) mass is 243 g/mol. The highest BCUT2D eigenvalue weighted by atomic mass is 15.0. The Hall–Kier alpha value is -1.61. The predicted molar refractivity (Wildman–Crippen MR) is 75.3 cm³/mol. The zero-order valence-electron chi connectivity index (χ0n) is 11.1. The molecule has 0 saturated heterocycles. The molecule has 2 N–H and O–H groups in total. The summed E-state index contributed by atoms with van der Waals surface area (Å²) in [5.74, 6) is 0.947. The van der Waals surface area contributed by atoms with E-state index in [9.17, 15) is 0 Å². The zero-order valence-corrected chi connectivity index (χ0v) is 11.1. The molecule has 1 aromatic heterocycles. The van der Waals surface area contributed by atoms with Crippen molar-refractivity contribution in [3.05, 3.63) is 42.2 Å². The number of nitrogens with one attached hydrogen (secondary N) is 2. The van der Waals surface area contributed by atoms with Gasteiger partial charge in [-0.3, -0.25) is 0 Å². The van der Waals surface area contributed by atoms with Gasteiger partial charge < -0.3 is 10.3 Å². The Morgan fingerprint density at radius 1 is 1.28 bits per heavy atom. The Kier molecular flexibility index (Phi) is 4.53. The number of aromatic nitrogens is 2. The van der Waals surface area contributed by atoms with Gasteiger partial charge in [0.15, 0.2) is 0 Å². The molecule has 0 aliphatic rings. The highest BCUT2D eigenvalue weighted by molar-refractivity contribution is 5.54. The van der Waals surface area contributed by atoms with Gasteiger partial charge in [0.1, 0.15) is 5.82 Å². The van der Waals surface area contributed by atoms with Crippen LogP contribution in [0.3, 0.4) is 0 Å². The van der Waals surface area contributed by atoms with Crippen molar-refractivity contribution < 1.29 is 0 Å². The number of nitrogens with zero attached hydrogens (tertiary/aromatic N) is 1. The Labute approximate surface area is 109 Å². The van der Waals surface area contributed by atoms with Gasteiger partial charge >= 0.3 is 0 Å². The van der Waals surface area contributed by atoms with E-state index < -0.39 is 0 Å². The summed E-state index contributed by atoms with van der Waals surface area (Å²) in [6.45, 7) is 2.22. The second-order valence-electron chi connectivity index (χ2n) is 4.54. The van der Waals surface area contributed by atoms with Gasteiger partial charge in [-0.2, -0.15) is 0 Å². The molecule has 0 radical (unpaired) electrons. The average molecular weight is 243 g/mol. The van der Waals surface area contributed by atoms with Crippen molar-refractivity contribution in [1.82, 2.24) is 15.3 Å². The van der Waals surface area contributed by atoms with E-state index in [2.05, 4.69) is 34.3 Å². The predicted octanol–water partition coefficient (Wildman–Crippen LogP) is 3.53. The van der Waals surface area contributed by atoms with Gasteiger partial charge in [-0.25, -0.2) is 4.98 Å². The van der Waals surface area contributed by atoms with E-state index in [4.69, 9.17) is 0 Å². The lowest BCUT2D eigenvalue weighted by Gasteiger charge is -2.13. The maximum absolute atomic E-state index is 4.47. The van der Waals surface area contributed by atoms with Gasteiger partial charge in [0, 0.05) is 11.6 Å². The maximum Gasteiger partial charge on any atom is 0.137 e. The molecular formula is C15H21N3. The summed E-state index contributed by atoms with van der Waals surface area (Å²) in [7, 11) is 2.00. The fourth-order valence-corrected chi connectivity index (χ4v) is 2.12. The first-order chi connectivity index (χ1) is 8.85. The van der Waals surface area contributed by atoms with Gasteiger partial charge in [-0.1, -0.05) is 50.1 Å². The lowest BCUT2D eigenvalue weighted by atomic mass is 10.1. The van der Waals surface area contributed by atoms with Crippen LogP contribution in [0.5, 0.6) is 0 Å². The average Bonchev–Trinajstić information content (AvgIpc) is 2.90. The lowest BCUT2D eigenvalue weighted by molar-refractivity contribution is 0.513. The molecule has 0 aliphatic carbocycles. The second kappa shape index (κ2) is 6.36. The Balaban J connectivity index is 2.14. The topological polar surface area (TPSA) is 40.7 Å². The highest BCUT2D eigenvalue weighted by Crippen LogP contribution is 2.21. The van der Waals surface area contributed by atoms with E-state index in [-0.39, 0.29) is 0 Å². The molecule has 0 saturated carbocycles. The fraction of sp³-hybridized carbons (Fsp3) is 0.400. The van der Waals surface area contributed by atoms with Crippen molar-refractivity contribution in [1.29, 1.82) is 0 Å². The third-order valence-corrected chi connectivity index (χ3v) is 3.21. The Bertz CT molecular complexity index is 462. The van der Waals surface area contributed by atoms with Crippen molar-refractivity contribution in [3.63, 3.8) is 0 Å². The summed E-state index contributed by atoms with van der Waals surface area (Å²) in [6.07, 6.45) is 5.53. The van der Waals surface area contributed by atoms with Crippen LogP contribution in [0.15, 0.2) is 36.5 Å². The molecule has 3 nitrogen and oxygen atoms in total. The van der Waals surface area contributed by atoms with E-state index in [1.165, 1.54) is 18.5 Å². The van der Waals surface area contributed by atoms with Gasteiger partial charge in [0.05, 0.1) is 11.9 Å². The minimum Gasteiger partial charge on any atom is -0.341 e. The molecule has 0 spiro atoms. The highest BCUT2D eigenvalue weighted by Gasteiger charge is 2.12. The van der Waals surface area contributed by atoms with Crippen LogP contribution < -0.4 is 5.32 Å². The van der Waals surface area contributed by atoms with Crippen LogP contribution in [0.25, 0.3) is 11.4 Å². The molecule has 2 rings (SSSR count). The van der Waals surface area contributed by atoms with E-state index >= 15 is 0 Å². The summed E-state index contributed by atoms with van der Waals surface area (Å²) >= 11 is 0. The van der Waals surface area contributed by atoms with Gasteiger partial charge in [0.2, 0.25) is 0 Å². The smallest absolute Gasteiger partial charge is 0.137 e. The number of aromatic amines is 1. The normalized spacial score (nSPS) is 12.6. The number of hydrogen-bond acceptors (Lipinski definition) is 2. The van der Waals surface area contributed by atoms with Crippen LogP contribution >= 0.6 is 0 Å². The van der Waals surface area contributed by atoms with Crippen molar-refractivity contribution >= 4 is 0 Å². The third-order valence-electron chi connectivity index (χ3n) is 3.21. The summed E-state index contributed by atoms with van der Waals surface area (Å²) in [5, 5.41) is 3.35. The largest absolute Gasteiger partial charge is 0.341 e. The molecule has 18 heavy (non-hydrogen) atoms. The van der Waals surface area contributed by atoms with Crippen LogP contribution in [-0.4, -0.2) is 17.0 Å². The first-order valence-corrected chi connectivity index (χ1v) is 6.62. The molecule has 0 aliphatic heterocycles. The van der Waals surface area contributed by atoms with E-state index in [0.29, 0.717) is 6.04 Å². The second-order valence-corrected chi connectivity index (χ2v) is 4.54. The molecule has 1 heterocycles. The van der Waals surface area contributed by atoms with Crippen LogP contribution in [0.1, 0.15) is 37.9 Å². The van der Waals surface area contributed by atoms with Crippen LogP contribution in [0, 0.1) is 0 Å². The first-order valence-electron chi connectivity index (χ1n) is 6.62. The fourth-order valence-electron chi connectivity index (χ4n) is 2.12. The minimum atomic E-state index is 0.370. The van der Waals surface area contributed by atoms with Gasteiger partial charge in [0.25, 0.3) is 0 Å². The number of imidazole rings is 1. The Morgan fingerprint density at radius 2 is 2.06 bits per heavy atom. The first kappa shape index (κ1) is 12.8. The van der Waals surface area contributed by atoms with Crippen molar-refractivity contribution in [2.75, 3.05) is 7.05 Å². The number of hydrogen-bond donors (Lipinski definition) is 2. The molecule has 2 aromatic rings. The van der Waals surface area contributed by atoms with Crippen LogP contribution in [-0.2, 0) is 0 Å². The molecule has 1 aromatic carbocycles. The zero-order chi connectivity index (χ0) is 12.8. The summed E-state index contributed by atoms with van der Waals surface area (Å²) < 4.78 is 0. The molecule has 0 bridgehead atoms. The lowest BCUT2D eigenvalue weighted by Crippen LogP contribution is -2.16. The van der Waals surface area contributed by atoms with Crippen LogP contribution in [0.4, 0.5) is 0 Å². The standard InChI is InChI=1S/C15H21N3/c1-3-4-10-13(16-2)14-11-17-15(18-14)12-8-6-5-7-9-12/h5-9,11,13,16H,3-4,10H2,1-2H3,(H,17,18). The van der Waals surface area contributed by atoms with Gasteiger partial charge in [-0.15, -0.1) is 0 Å². The summed E-state index contributed by atoms with van der Waals surface area (Å²) in [6, 6.07) is 10.6. The molecule has 1 unspecified atom stereocenters. The molecule has 1 atom stereocenters. The Morgan fingerprint density at radius 3 is 2.72 bits per heavy atom. The number of H-pyrrole nitrogens is 1. The number of benzene rings is 1. The van der Waals surface area contributed by atoms with Crippen molar-refractivity contribution in [3.8, 4) is 11.4 Å². The van der Waals surface area contributed by atoms with E-state index in [1.54, 1.807) is 0 Å². The van der Waals surface area contributed by atoms with Gasteiger partial charge in [-0.05, 0) is 13.5 Å². The quantitative estimate of drug-likeness (QED) is 0.815. The SMILES string of the molecule is CCCCC(NC)c1cnc(-c2ccccc2)[nH]1. The van der Waals surface area contributed by atoms with Crippen molar-refractivity contribution in [2.24, 2.45) is 0 Å². The summed E-state index contributed by atoms with van der Waals surface area (Å²) in [4.78, 5) is 7.88. The van der Waals surface area contributed by atoms with E-state index in [1.807, 2.05) is 31.4 Å².